The molecular weight excluding hydrogens is 376 g/mol. The minimum absolute atomic E-state index is 0.366. The molecule has 164 valence electrons. The van der Waals surface area contributed by atoms with Gasteiger partial charge in [-0.2, -0.15) is 0 Å². The molecule has 6 rings (SSSR count). The summed E-state index contributed by atoms with van der Waals surface area (Å²) in [6.07, 6.45) is 18.0. The van der Waals surface area contributed by atoms with E-state index in [0.717, 1.165) is 35.6 Å². The molecule has 0 aliphatic heterocycles. The topological polar surface area (TPSA) is 16.1 Å². The fourth-order valence-corrected chi connectivity index (χ4v) is 8.56. The van der Waals surface area contributed by atoms with E-state index in [1.807, 2.05) is 12.4 Å². The average molecular weight is 415 g/mol. The third kappa shape index (κ3) is 3.12. The molecule has 3 unspecified atom stereocenters. The maximum atomic E-state index is 4.37. The third-order valence-electron chi connectivity index (χ3n) is 10.2. The molecule has 1 heterocycles. The maximum absolute atomic E-state index is 4.37. The van der Waals surface area contributed by atoms with E-state index in [2.05, 4.69) is 61.2 Å². The number of rotatable bonds is 2. The Labute approximate surface area is 188 Å². The van der Waals surface area contributed by atoms with Crippen molar-refractivity contribution in [3.8, 4) is 0 Å². The van der Waals surface area contributed by atoms with Crippen molar-refractivity contribution in [1.29, 1.82) is 0 Å². The van der Waals surface area contributed by atoms with Crippen molar-refractivity contribution in [2.75, 3.05) is 14.1 Å². The highest BCUT2D eigenvalue weighted by molar-refractivity contribution is 5.86. The van der Waals surface area contributed by atoms with E-state index in [-0.39, 0.29) is 0 Å². The smallest absolute Gasteiger partial charge is 0.0346 e. The van der Waals surface area contributed by atoms with Gasteiger partial charge in [0.1, 0.15) is 0 Å². The first kappa shape index (κ1) is 20.0. The molecule has 0 saturated heterocycles. The van der Waals surface area contributed by atoms with Crippen LogP contribution in [0, 0.1) is 35.0 Å². The predicted octanol–water partition coefficient (Wildman–Crippen LogP) is 6.81. The summed E-state index contributed by atoms with van der Waals surface area (Å²) in [4.78, 5) is 6.86. The van der Waals surface area contributed by atoms with Crippen LogP contribution in [-0.4, -0.2) is 30.0 Å². The molecule has 2 heteroatoms. The molecule has 0 amide bonds. The summed E-state index contributed by atoms with van der Waals surface area (Å²) in [5.74, 6) is 4.81. The van der Waals surface area contributed by atoms with Crippen LogP contribution in [0.1, 0.15) is 63.9 Å². The molecule has 3 fully saturated rings. The van der Waals surface area contributed by atoms with Gasteiger partial charge in [-0.05, 0) is 129 Å². The van der Waals surface area contributed by atoms with Gasteiger partial charge in [-0.25, -0.2) is 0 Å². The van der Waals surface area contributed by atoms with Gasteiger partial charge in [-0.3, -0.25) is 4.98 Å². The molecular formula is C29H38N2. The molecule has 1 aromatic carbocycles. The molecule has 2 nitrogen and oxygen atoms in total. The number of allylic oxidation sites excluding steroid dienone is 2. The zero-order valence-electron chi connectivity index (χ0n) is 19.6. The lowest BCUT2D eigenvalue weighted by Crippen LogP contribution is -2.49. The third-order valence-corrected chi connectivity index (χ3v) is 10.2. The van der Waals surface area contributed by atoms with Crippen LogP contribution in [0.3, 0.4) is 0 Å². The van der Waals surface area contributed by atoms with E-state index in [1.165, 1.54) is 67.7 Å². The summed E-state index contributed by atoms with van der Waals surface area (Å²) >= 11 is 0. The molecule has 2 aromatic rings. The molecule has 0 bridgehead atoms. The molecule has 4 aliphatic rings. The molecule has 1 aromatic heterocycles. The van der Waals surface area contributed by atoms with Crippen molar-refractivity contribution in [2.24, 2.45) is 35.0 Å². The SMILES string of the molecule is CN(C)[C@H]1CC[C@H]2C(CCC3[C@@H]2CCC2(C)C(c4ccc5ccncc5c4)=CC[C@@H]32)C1. The Hall–Kier alpha value is -1.67. The van der Waals surface area contributed by atoms with Crippen molar-refractivity contribution in [3.05, 3.63) is 48.3 Å². The number of hydrogen-bond donors (Lipinski definition) is 0. The van der Waals surface area contributed by atoms with Crippen molar-refractivity contribution in [2.45, 2.75) is 64.3 Å². The fraction of sp³-hybridized carbons (Fsp3) is 0.621. The highest BCUT2D eigenvalue weighted by Gasteiger charge is 2.54. The zero-order valence-corrected chi connectivity index (χ0v) is 19.6. The number of hydrogen-bond acceptors (Lipinski definition) is 2. The van der Waals surface area contributed by atoms with E-state index >= 15 is 0 Å². The highest BCUT2D eigenvalue weighted by Crippen LogP contribution is 2.64. The van der Waals surface area contributed by atoms with Gasteiger partial charge < -0.3 is 4.90 Å². The molecule has 31 heavy (non-hydrogen) atoms. The Morgan fingerprint density at radius 3 is 2.68 bits per heavy atom. The van der Waals surface area contributed by atoms with Gasteiger partial charge in [-0.15, -0.1) is 0 Å². The first-order chi connectivity index (χ1) is 15.0. The normalized spacial score (nSPS) is 39.7. The van der Waals surface area contributed by atoms with Gasteiger partial charge in [0, 0.05) is 23.8 Å². The molecule has 0 N–H and O–H groups in total. The fourth-order valence-electron chi connectivity index (χ4n) is 8.56. The summed E-state index contributed by atoms with van der Waals surface area (Å²) in [6, 6.07) is 10.0. The lowest BCUT2D eigenvalue weighted by atomic mass is 9.49. The molecule has 7 atom stereocenters. The summed E-state index contributed by atoms with van der Waals surface area (Å²) in [5, 5.41) is 2.58. The van der Waals surface area contributed by atoms with Crippen molar-refractivity contribution in [3.63, 3.8) is 0 Å². The van der Waals surface area contributed by atoms with Gasteiger partial charge in [0.2, 0.25) is 0 Å². The van der Waals surface area contributed by atoms with E-state index in [9.17, 15) is 0 Å². The van der Waals surface area contributed by atoms with Crippen LogP contribution in [0.2, 0.25) is 0 Å². The van der Waals surface area contributed by atoms with Crippen LogP contribution in [0.4, 0.5) is 0 Å². The Morgan fingerprint density at radius 2 is 1.81 bits per heavy atom. The van der Waals surface area contributed by atoms with Crippen molar-refractivity contribution < 1.29 is 0 Å². The molecule has 4 aliphatic carbocycles. The van der Waals surface area contributed by atoms with Crippen LogP contribution in [0.25, 0.3) is 16.3 Å². The average Bonchev–Trinajstić information content (AvgIpc) is 3.15. The summed E-state index contributed by atoms with van der Waals surface area (Å²) in [7, 11) is 4.58. The minimum atomic E-state index is 0.366. The standard InChI is InChI=1S/C29H38N2/c1-29-14-12-25-24-9-7-23(31(2)3)17-20(24)6-8-26(25)28(29)11-10-27(29)21-5-4-19-13-15-30-18-22(19)16-21/h4-5,10,13,15-16,18,20,23-26,28H,6-9,11-12,14,17H2,1-3H3/t20?,23-,24-,25+,26?,28-,29?/m0/s1. The number of aromatic nitrogens is 1. The van der Waals surface area contributed by atoms with Crippen LogP contribution in [-0.2, 0) is 0 Å². The van der Waals surface area contributed by atoms with Crippen molar-refractivity contribution in [1.82, 2.24) is 9.88 Å². The Bertz CT molecular complexity index is 1010. The summed E-state index contributed by atoms with van der Waals surface area (Å²) < 4.78 is 0. The van der Waals surface area contributed by atoms with Crippen LogP contribution in [0.5, 0.6) is 0 Å². The lowest BCUT2D eigenvalue weighted by molar-refractivity contribution is -0.0482. The van der Waals surface area contributed by atoms with Gasteiger partial charge in [0.15, 0.2) is 0 Å². The quantitative estimate of drug-likeness (QED) is 0.536. The number of pyridine rings is 1. The van der Waals surface area contributed by atoms with E-state index in [0.29, 0.717) is 5.41 Å². The maximum Gasteiger partial charge on any atom is 0.0346 e. The van der Waals surface area contributed by atoms with Crippen LogP contribution in [0.15, 0.2) is 42.7 Å². The number of fused-ring (bicyclic) bond motifs is 6. The molecule has 3 saturated carbocycles. The second kappa shape index (κ2) is 7.44. The second-order valence-electron chi connectivity index (χ2n) is 11.6. The first-order valence-electron chi connectivity index (χ1n) is 12.8. The van der Waals surface area contributed by atoms with Crippen molar-refractivity contribution >= 4 is 16.3 Å². The van der Waals surface area contributed by atoms with E-state index in [1.54, 1.807) is 5.57 Å². The summed E-state index contributed by atoms with van der Waals surface area (Å²) in [6.45, 7) is 2.61. The monoisotopic (exact) mass is 414 g/mol. The summed E-state index contributed by atoms with van der Waals surface area (Å²) in [5.41, 5.74) is 3.45. The van der Waals surface area contributed by atoms with E-state index in [4.69, 9.17) is 0 Å². The number of nitrogens with zero attached hydrogens (tertiary/aromatic N) is 2. The van der Waals surface area contributed by atoms with Gasteiger partial charge >= 0.3 is 0 Å². The van der Waals surface area contributed by atoms with Gasteiger partial charge in [0.05, 0.1) is 0 Å². The van der Waals surface area contributed by atoms with Gasteiger partial charge in [0.25, 0.3) is 0 Å². The zero-order chi connectivity index (χ0) is 21.2. The molecule has 0 radical (unpaired) electrons. The first-order valence-corrected chi connectivity index (χ1v) is 12.8. The molecule has 0 spiro atoms. The van der Waals surface area contributed by atoms with E-state index < -0.39 is 0 Å². The second-order valence-corrected chi connectivity index (χ2v) is 11.6. The largest absolute Gasteiger partial charge is 0.306 e. The minimum Gasteiger partial charge on any atom is -0.306 e. The van der Waals surface area contributed by atoms with Crippen LogP contribution >= 0.6 is 0 Å². The van der Waals surface area contributed by atoms with Crippen LogP contribution < -0.4 is 0 Å². The number of benzene rings is 1. The van der Waals surface area contributed by atoms with Gasteiger partial charge in [-0.1, -0.05) is 25.1 Å². The Kier molecular flexibility index (Phi) is 4.79. The highest BCUT2D eigenvalue weighted by atomic mass is 15.1. The lowest BCUT2D eigenvalue weighted by Gasteiger charge is -2.56. The predicted molar refractivity (Wildman–Crippen MR) is 130 cm³/mol. The Morgan fingerprint density at radius 1 is 0.935 bits per heavy atom. The Balaban J connectivity index is 1.25.